The molecule has 0 saturated heterocycles. The van der Waals surface area contributed by atoms with Gasteiger partial charge in [0.2, 0.25) is 5.89 Å². The summed E-state index contributed by atoms with van der Waals surface area (Å²) < 4.78 is 41.6. The van der Waals surface area contributed by atoms with Crippen LogP contribution in [0.15, 0.2) is 15.9 Å². The summed E-state index contributed by atoms with van der Waals surface area (Å²) >= 11 is 1.71. The molecule has 8 heteroatoms. The Hall–Kier alpha value is -1.41. The summed E-state index contributed by atoms with van der Waals surface area (Å²) in [5.74, 6) is -1.28. The molecule has 2 aromatic heterocycles. The first-order valence-corrected chi connectivity index (χ1v) is 6.57. The Balaban J connectivity index is 1.68. The summed E-state index contributed by atoms with van der Waals surface area (Å²) in [6.07, 6.45) is -3.67. The van der Waals surface area contributed by atoms with E-state index in [0.29, 0.717) is 6.54 Å². The fourth-order valence-electron chi connectivity index (χ4n) is 2.07. The molecule has 0 N–H and O–H groups in total. The summed E-state index contributed by atoms with van der Waals surface area (Å²) in [5, 5.41) is 8.50. The van der Waals surface area contributed by atoms with E-state index >= 15 is 0 Å². The Morgan fingerprint density at radius 2 is 2.21 bits per heavy atom. The average Bonchev–Trinajstić information content (AvgIpc) is 2.95. The van der Waals surface area contributed by atoms with E-state index in [1.54, 1.807) is 11.3 Å². The van der Waals surface area contributed by atoms with E-state index in [1.165, 1.54) is 10.4 Å². The second-order valence-electron chi connectivity index (χ2n) is 4.33. The van der Waals surface area contributed by atoms with Crippen molar-refractivity contribution in [3.63, 3.8) is 0 Å². The zero-order valence-corrected chi connectivity index (χ0v) is 10.6. The Labute approximate surface area is 110 Å². The van der Waals surface area contributed by atoms with E-state index in [0.717, 1.165) is 13.0 Å². The SMILES string of the molecule is FC(F)(F)c1nnc(CN2CCc3sccc3C2)o1. The maximum absolute atomic E-state index is 12.3. The highest BCUT2D eigenvalue weighted by Gasteiger charge is 2.38. The summed E-state index contributed by atoms with van der Waals surface area (Å²) in [6.45, 7) is 1.75. The minimum atomic E-state index is -4.58. The van der Waals surface area contributed by atoms with Gasteiger partial charge in [-0.25, -0.2) is 0 Å². The Morgan fingerprint density at radius 3 is 2.95 bits per heavy atom. The van der Waals surface area contributed by atoms with Gasteiger partial charge < -0.3 is 4.42 Å². The van der Waals surface area contributed by atoms with Crippen molar-refractivity contribution in [3.8, 4) is 0 Å². The summed E-state index contributed by atoms with van der Waals surface area (Å²) in [6, 6.07) is 2.04. The van der Waals surface area contributed by atoms with Crippen molar-refractivity contribution in [3.05, 3.63) is 33.7 Å². The van der Waals surface area contributed by atoms with Crippen molar-refractivity contribution in [1.82, 2.24) is 15.1 Å². The summed E-state index contributed by atoms with van der Waals surface area (Å²) in [5.41, 5.74) is 1.23. The van der Waals surface area contributed by atoms with Crippen LogP contribution in [0, 0.1) is 0 Å². The highest BCUT2D eigenvalue weighted by atomic mass is 32.1. The van der Waals surface area contributed by atoms with Crippen LogP contribution in [0.5, 0.6) is 0 Å². The van der Waals surface area contributed by atoms with Crippen LogP contribution in [-0.2, 0) is 25.7 Å². The molecule has 3 rings (SSSR count). The normalized spacial score (nSPS) is 16.6. The van der Waals surface area contributed by atoms with Crippen molar-refractivity contribution in [1.29, 1.82) is 0 Å². The number of alkyl halides is 3. The fraction of sp³-hybridized carbons (Fsp3) is 0.455. The topological polar surface area (TPSA) is 42.2 Å². The van der Waals surface area contributed by atoms with Gasteiger partial charge in [-0.05, 0) is 23.4 Å². The van der Waals surface area contributed by atoms with Gasteiger partial charge in [-0.3, -0.25) is 4.90 Å². The second kappa shape index (κ2) is 4.61. The molecule has 4 nitrogen and oxygen atoms in total. The summed E-state index contributed by atoms with van der Waals surface area (Å²) in [4.78, 5) is 3.35. The van der Waals surface area contributed by atoms with Gasteiger partial charge in [-0.15, -0.1) is 21.5 Å². The van der Waals surface area contributed by atoms with Crippen LogP contribution in [-0.4, -0.2) is 21.6 Å². The molecule has 1 aliphatic rings. The van der Waals surface area contributed by atoms with Crippen molar-refractivity contribution in [2.24, 2.45) is 0 Å². The third kappa shape index (κ3) is 2.64. The van der Waals surface area contributed by atoms with Gasteiger partial charge in [0.25, 0.3) is 0 Å². The first-order valence-electron chi connectivity index (χ1n) is 5.69. The highest BCUT2D eigenvalue weighted by molar-refractivity contribution is 7.10. The smallest absolute Gasteiger partial charge is 0.416 e. The molecule has 1 aliphatic heterocycles. The lowest BCUT2D eigenvalue weighted by molar-refractivity contribution is -0.157. The molecule has 102 valence electrons. The zero-order chi connectivity index (χ0) is 13.5. The standard InChI is InChI=1S/C11H10F3N3OS/c12-11(13,14)10-16-15-9(18-10)6-17-3-1-8-7(5-17)2-4-19-8/h2,4H,1,3,5-6H2. The fourth-order valence-corrected chi connectivity index (χ4v) is 2.95. The van der Waals surface area contributed by atoms with E-state index in [9.17, 15) is 13.2 Å². The number of hydrogen-bond acceptors (Lipinski definition) is 5. The maximum Gasteiger partial charge on any atom is 0.470 e. The van der Waals surface area contributed by atoms with Crippen LogP contribution >= 0.6 is 11.3 Å². The quantitative estimate of drug-likeness (QED) is 0.852. The van der Waals surface area contributed by atoms with Gasteiger partial charge in [0.1, 0.15) is 0 Å². The monoisotopic (exact) mass is 289 g/mol. The maximum atomic E-state index is 12.3. The van der Waals surface area contributed by atoms with Crippen LogP contribution in [0.4, 0.5) is 13.2 Å². The van der Waals surface area contributed by atoms with Crippen molar-refractivity contribution >= 4 is 11.3 Å². The number of aromatic nitrogens is 2. The van der Waals surface area contributed by atoms with Gasteiger partial charge in [-0.1, -0.05) is 0 Å². The van der Waals surface area contributed by atoms with Crippen LogP contribution in [0.25, 0.3) is 0 Å². The molecule has 0 aliphatic carbocycles. The molecule has 0 radical (unpaired) electrons. The Bertz CT molecular complexity index is 578. The molecule has 0 spiro atoms. The lowest BCUT2D eigenvalue weighted by atomic mass is 10.1. The molecule has 3 heterocycles. The third-order valence-corrected chi connectivity index (χ3v) is 3.98. The molecular weight excluding hydrogens is 279 g/mol. The molecule has 0 amide bonds. The van der Waals surface area contributed by atoms with Crippen LogP contribution < -0.4 is 0 Å². The molecule has 0 aromatic carbocycles. The molecular formula is C11H10F3N3OS. The molecule has 0 bridgehead atoms. The van der Waals surface area contributed by atoms with Gasteiger partial charge in [0, 0.05) is 18.0 Å². The van der Waals surface area contributed by atoms with E-state index in [4.69, 9.17) is 0 Å². The second-order valence-corrected chi connectivity index (χ2v) is 5.33. The number of rotatable bonds is 2. The van der Waals surface area contributed by atoms with Crippen molar-refractivity contribution in [2.45, 2.75) is 25.7 Å². The van der Waals surface area contributed by atoms with E-state index in [2.05, 4.69) is 14.6 Å². The van der Waals surface area contributed by atoms with Gasteiger partial charge in [-0.2, -0.15) is 13.2 Å². The average molecular weight is 289 g/mol. The van der Waals surface area contributed by atoms with Crippen molar-refractivity contribution in [2.75, 3.05) is 6.54 Å². The van der Waals surface area contributed by atoms with E-state index in [1.807, 2.05) is 16.3 Å². The molecule has 0 fully saturated rings. The van der Waals surface area contributed by atoms with E-state index < -0.39 is 12.1 Å². The molecule has 0 atom stereocenters. The lowest BCUT2D eigenvalue weighted by Crippen LogP contribution is -2.29. The first kappa shape index (κ1) is 12.6. The highest BCUT2D eigenvalue weighted by Crippen LogP contribution is 2.29. The summed E-state index contributed by atoms with van der Waals surface area (Å²) in [7, 11) is 0. The Kier molecular flexibility index (Phi) is 3.06. The molecule has 0 saturated carbocycles. The van der Waals surface area contributed by atoms with E-state index in [-0.39, 0.29) is 12.4 Å². The van der Waals surface area contributed by atoms with Gasteiger partial charge in [0.15, 0.2) is 0 Å². The largest absolute Gasteiger partial charge is 0.470 e. The van der Waals surface area contributed by atoms with Gasteiger partial charge in [0.05, 0.1) is 6.54 Å². The number of thiophene rings is 1. The molecule has 2 aromatic rings. The minimum absolute atomic E-state index is 0.00556. The van der Waals surface area contributed by atoms with Crippen molar-refractivity contribution < 1.29 is 17.6 Å². The zero-order valence-electron chi connectivity index (χ0n) is 9.78. The predicted molar refractivity (Wildman–Crippen MR) is 61.4 cm³/mol. The Morgan fingerprint density at radius 1 is 1.37 bits per heavy atom. The minimum Gasteiger partial charge on any atom is -0.416 e. The van der Waals surface area contributed by atoms with Gasteiger partial charge >= 0.3 is 12.1 Å². The lowest BCUT2D eigenvalue weighted by Gasteiger charge is -2.25. The van der Waals surface area contributed by atoms with Crippen LogP contribution in [0.1, 0.15) is 22.2 Å². The number of hydrogen-bond donors (Lipinski definition) is 0. The first-order chi connectivity index (χ1) is 9.02. The molecule has 19 heavy (non-hydrogen) atoms. The number of fused-ring (bicyclic) bond motifs is 1. The predicted octanol–water partition coefficient (Wildman–Crippen LogP) is 2.71. The van der Waals surface area contributed by atoms with Crippen LogP contribution in [0.2, 0.25) is 0 Å². The number of nitrogens with zero attached hydrogens (tertiary/aromatic N) is 3. The van der Waals surface area contributed by atoms with Crippen LogP contribution in [0.3, 0.4) is 0 Å². The number of halogens is 3. The third-order valence-electron chi connectivity index (χ3n) is 2.95. The molecule has 0 unspecified atom stereocenters.